The van der Waals surface area contributed by atoms with Crippen molar-refractivity contribution in [3.8, 4) is 0 Å². The van der Waals surface area contributed by atoms with E-state index in [1.54, 1.807) is 6.92 Å². The summed E-state index contributed by atoms with van der Waals surface area (Å²) in [4.78, 5) is 10.9. The summed E-state index contributed by atoms with van der Waals surface area (Å²) in [6.45, 7) is 5.48. The Bertz CT molecular complexity index is 198. The van der Waals surface area contributed by atoms with E-state index < -0.39 is 17.0 Å². The van der Waals surface area contributed by atoms with Crippen LogP contribution in [0.2, 0.25) is 0 Å². The van der Waals surface area contributed by atoms with Crippen LogP contribution in [0.5, 0.6) is 0 Å². The SMILES string of the molecule is CC(C)C1(C(=O)O)CC(C)(O)C1. The first-order valence-electron chi connectivity index (χ1n) is 4.26. The van der Waals surface area contributed by atoms with Gasteiger partial charge in [0.05, 0.1) is 11.0 Å². The molecule has 0 amide bonds. The van der Waals surface area contributed by atoms with Crippen LogP contribution in [0.25, 0.3) is 0 Å². The van der Waals surface area contributed by atoms with Gasteiger partial charge in [-0.15, -0.1) is 0 Å². The molecule has 1 saturated carbocycles. The van der Waals surface area contributed by atoms with Crippen LogP contribution in [0.4, 0.5) is 0 Å². The zero-order valence-electron chi connectivity index (χ0n) is 7.79. The van der Waals surface area contributed by atoms with Gasteiger partial charge < -0.3 is 10.2 Å². The molecule has 0 heterocycles. The smallest absolute Gasteiger partial charge is 0.310 e. The van der Waals surface area contributed by atoms with Gasteiger partial charge in [-0.25, -0.2) is 0 Å². The van der Waals surface area contributed by atoms with Gasteiger partial charge in [-0.05, 0) is 25.7 Å². The molecule has 1 aliphatic rings. The van der Waals surface area contributed by atoms with Crippen molar-refractivity contribution in [1.82, 2.24) is 0 Å². The van der Waals surface area contributed by atoms with Gasteiger partial charge in [0.15, 0.2) is 0 Å². The lowest BCUT2D eigenvalue weighted by molar-refractivity contribution is -0.186. The number of carboxylic acid groups (broad SMARTS) is 1. The standard InChI is InChI=1S/C9H16O3/c1-6(2)9(7(10)11)4-8(3,12)5-9/h6,12H,4-5H2,1-3H3,(H,10,11). The molecule has 1 aliphatic carbocycles. The third-order valence-corrected chi connectivity index (χ3v) is 2.92. The molecule has 3 heteroatoms. The Kier molecular flexibility index (Phi) is 1.95. The van der Waals surface area contributed by atoms with Gasteiger partial charge in [-0.1, -0.05) is 13.8 Å². The summed E-state index contributed by atoms with van der Waals surface area (Å²) in [6.07, 6.45) is 0.764. The summed E-state index contributed by atoms with van der Waals surface area (Å²) in [7, 11) is 0. The van der Waals surface area contributed by atoms with Crippen LogP contribution in [0.1, 0.15) is 33.6 Å². The van der Waals surface area contributed by atoms with Crippen LogP contribution in [-0.2, 0) is 4.79 Å². The quantitative estimate of drug-likeness (QED) is 0.659. The number of hydrogen-bond donors (Lipinski definition) is 2. The van der Waals surface area contributed by atoms with Crippen LogP contribution < -0.4 is 0 Å². The highest BCUT2D eigenvalue weighted by molar-refractivity contribution is 5.76. The van der Waals surface area contributed by atoms with Crippen molar-refractivity contribution >= 4 is 5.97 Å². The summed E-state index contributed by atoms with van der Waals surface area (Å²) in [5, 5.41) is 18.5. The predicted octanol–water partition coefficient (Wildman–Crippen LogP) is 1.26. The molecule has 1 rings (SSSR count). The van der Waals surface area contributed by atoms with E-state index in [4.69, 9.17) is 5.11 Å². The molecule has 0 bridgehead atoms. The maximum atomic E-state index is 10.9. The first kappa shape index (κ1) is 9.52. The van der Waals surface area contributed by atoms with Crippen molar-refractivity contribution in [2.75, 3.05) is 0 Å². The predicted molar refractivity (Wildman–Crippen MR) is 44.8 cm³/mol. The first-order chi connectivity index (χ1) is 5.30. The van der Waals surface area contributed by atoms with Gasteiger partial charge in [0.1, 0.15) is 0 Å². The fourth-order valence-corrected chi connectivity index (χ4v) is 2.11. The summed E-state index contributed by atoms with van der Waals surface area (Å²) >= 11 is 0. The lowest BCUT2D eigenvalue weighted by Gasteiger charge is -2.51. The number of carbonyl (C=O) groups is 1. The van der Waals surface area contributed by atoms with E-state index in [0.717, 1.165) is 0 Å². The lowest BCUT2D eigenvalue weighted by atomic mass is 9.55. The molecule has 0 atom stereocenters. The summed E-state index contributed by atoms with van der Waals surface area (Å²) in [5.74, 6) is -0.681. The zero-order valence-corrected chi connectivity index (χ0v) is 7.79. The second kappa shape index (κ2) is 2.46. The van der Waals surface area contributed by atoms with E-state index in [0.29, 0.717) is 12.8 Å². The molecule has 0 unspecified atom stereocenters. The van der Waals surface area contributed by atoms with Crippen molar-refractivity contribution in [3.05, 3.63) is 0 Å². The van der Waals surface area contributed by atoms with Crippen LogP contribution in [-0.4, -0.2) is 21.8 Å². The van der Waals surface area contributed by atoms with Crippen molar-refractivity contribution in [1.29, 1.82) is 0 Å². The minimum absolute atomic E-state index is 0.0928. The molecule has 1 fully saturated rings. The molecular weight excluding hydrogens is 156 g/mol. The number of aliphatic carboxylic acids is 1. The third kappa shape index (κ3) is 1.22. The number of rotatable bonds is 2. The Hall–Kier alpha value is -0.570. The Labute approximate surface area is 72.4 Å². The van der Waals surface area contributed by atoms with E-state index in [1.165, 1.54) is 0 Å². The Morgan fingerprint density at radius 2 is 1.83 bits per heavy atom. The molecule has 0 aromatic rings. The minimum atomic E-state index is -0.774. The van der Waals surface area contributed by atoms with Gasteiger partial charge >= 0.3 is 5.97 Å². The van der Waals surface area contributed by atoms with Crippen LogP contribution in [0.3, 0.4) is 0 Å². The monoisotopic (exact) mass is 172 g/mol. The second-order valence-electron chi connectivity index (χ2n) is 4.47. The van der Waals surface area contributed by atoms with E-state index in [1.807, 2.05) is 13.8 Å². The van der Waals surface area contributed by atoms with E-state index in [9.17, 15) is 9.90 Å². The number of carboxylic acids is 1. The highest BCUT2D eigenvalue weighted by Gasteiger charge is 2.57. The van der Waals surface area contributed by atoms with Crippen LogP contribution >= 0.6 is 0 Å². The van der Waals surface area contributed by atoms with Crippen molar-refractivity contribution in [2.45, 2.75) is 39.2 Å². The molecule has 0 aromatic heterocycles. The summed E-state index contributed by atoms with van der Waals surface area (Å²) in [6, 6.07) is 0. The molecule has 70 valence electrons. The normalized spacial score (nSPS) is 41.1. The van der Waals surface area contributed by atoms with E-state index in [2.05, 4.69) is 0 Å². The Morgan fingerprint density at radius 1 is 1.42 bits per heavy atom. The van der Waals surface area contributed by atoms with Gasteiger partial charge in [0.25, 0.3) is 0 Å². The Morgan fingerprint density at radius 3 is 1.92 bits per heavy atom. The molecule has 2 N–H and O–H groups in total. The van der Waals surface area contributed by atoms with Gasteiger partial charge in [0.2, 0.25) is 0 Å². The van der Waals surface area contributed by atoms with Crippen LogP contribution in [0.15, 0.2) is 0 Å². The average Bonchev–Trinajstić information content (AvgIpc) is 1.80. The van der Waals surface area contributed by atoms with E-state index >= 15 is 0 Å². The highest BCUT2D eigenvalue weighted by Crippen LogP contribution is 2.53. The summed E-state index contributed by atoms with van der Waals surface area (Å²) < 4.78 is 0. The first-order valence-corrected chi connectivity index (χ1v) is 4.26. The zero-order chi connectivity index (χ0) is 9.57. The van der Waals surface area contributed by atoms with Crippen molar-refractivity contribution < 1.29 is 15.0 Å². The second-order valence-corrected chi connectivity index (χ2v) is 4.47. The number of hydrogen-bond acceptors (Lipinski definition) is 2. The molecular formula is C9H16O3. The largest absolute Gasteiger partial charge is 0.481 e. The molecule has 12 heavy (non-hydrogen) atoms. The molecule has 0 spiro atoms. The van der Waals surface area contributed by atoms with Crippen molar-refractivity contribution in [3.63, 3.8) is 0 Å². The van der Waals surface area contributed by atoms with Gasteiger partial charge in [-0.2, -0.15) is 0 Å². The molecule has 0 saturated heterocycles. The van der Waals surface area contributed by atoms with Crippen LogP contribution in [0, 0.1) is 11.3 Å². The Balaban J connectivity index is 2.76. The maximum absolute atomic E-state index is 10.9. The van der Waals surface area contributed by atoms with E-state index in [-0.39, 0.29) is 5.92 Å². The van der Waals surface area contributed by atoms with Gasteiger partial charge in [-0.3, -0.25) is 4.79 Å². The van der Waals surface area contributed by atoms with Gasteiger partial charge in [0, 0.05) is 0 Å². The summed E-state index contributed by atoms with van der Waals surface area (Å²) in [5.41, 5.74) is -1.44. The molecule has 3 nitrogen and oxygen atoms in total. The molecule has 0 aliphatic heterocycles. The molecule has 0 radical (unpaired) electrons. The maximum Gasteiger partial charge on any atom is 0.310 e. The fraction of sp³-hybridized carbons (Fsp3) is 0.889. The minimum Gasteiger partial charge on any atom is -0.481 e. The highest BCUT2D eigenvalue weighted by atomic mass is 16.4. The lowest BCUT2D eigenvalue weighted by Crippen LogP contribution is -2.56. The third-order valence-electron chi connectivity index (χ3n) is 2.92. The fourth-order valence-electron chi connectivity index (χ4n) is 2.11. The topological polar surface area (TPSA) is 57.5 Å². The average molecular weight is 172 g/mol. The molecule has 0 aromatic carbocycles. The number of aliphatic hydroxyl groups is 1. The van der Waals surface area contributed by atoms with Crippen molar-refractivity contribution in [2.24, 2.45) is 11.3 Å².